The molecular weight excluding hydrogens is 1060 g/mol. The first kappa shape index (κ1) is 43.8. The molecule has 5 nitrogen and oxygen atoms in total. The first-order chi connectivity index (χ1) is 32.9. The van der Waals surface area contributed by atoms with E-state index in [1.165, 1.54) is 48.0 Å². The van der Waals surface area contributed by atoms with Crippen molar-refractivity contribution in [3.8, 4) is 28.3 Å². The fraction of sp³-hybridized carbons (Fsp3) is 0.237. The van der Waals surface area contributed by atoms with E-state index in [-0.39, 0.29) is 31.2 Å². The average molecular weight is 1120 g/mol. The summed E-state index contributed by atoms with van der Waals surface area (Å²) < 4.78 is 48.6. The van der Waals surface area contributed by atoms with Gasteiger partial charge in [-0.2, -0.15) is 0 Å². The smallest absolute Gasteiger partial charge is 0 e. The molecule has 10 aromatic rings. The Bertz CT molecular complexity index is 3500. The average Bonchev–Trinajstić information content (AvgIpc) is 3.87. The number of hydrogen-bond acceptors (Lipinski definition) is 4. The topological polar surface area (TPSA) is 56.7 Å². The normalized spacial score (nSPS) is 12.7. The number of nitrogens with zero attached hydrogens (tertiary/aromatic N) is 4. The van der Waals surface area contributed by atoms with Crippen LogP contribution in [0.5, 0.6) is 0 Å². The van der Waals surface area contributed by atoms with Crippen molar-refractivity contribution >= 4 is 65.9 Å². The van der Waals surface area contributed by atoms with Gasteiger partial charge in [-0.1, -0.05) is 81.1 Å². The van der Waals surface area contributed by atoms with E-state index in [1.807, 2.05) is 37.4 Å². The summed E-state index contributed by atoms with van der Waals surface area (Å²) in [6.45, 7) is 13.0. The monoisotopic (exact) mass is 1130 g/mol. The number of furan rings is 1. The summed E-state index contributed by atoms with van der Waals surface area (Å²) in [4.78, 5) is 14.6. The Morgan fingerprint density at radius 1 is 0.761 bits per heavy atom. The first-order valence-electron chi connectivity index (χ1n) is 24.4. The van der Waals surface area contributed by atoms with Crippen LogP contribution in [-0.2, 0) is 26.5 Å². The van der Waals surface area contributed by atoms with Crippen LogP contribution in [0.25, 0.3) is 72.2 Å². The number of benzene rings is 6. The van der Waals surface area contributed by atoms with E-state index in [4.69, 9.17) is 13.5 Å². The summed E-state index contributed by atoms with van der Waals surface area (Å²) in [6, 6.07) is 49.1. The molecule has 0 spiro atoms. The van der Waals surface area contributed by atoms with Crippen LogP contribution >= 0.6 is 0 Å². The van der Waals surface area contributed by atoms with Crippen molar-refractivity contribution in [3.63, 3.8) is 0 Å². The van der Waals surface area contributed by atoms with Crippen LogP contribution in [0, 0.1) is 37.6 Å². The van der Waals surface area contributed by atoms with Crippen LogP contribution in [0.1, 0.15) is 85.4 Å². The molecule has 10 rings (SSSR count). The van der Waals surface area contributed by atoms with E-state index in [9.17, 15) is 4.39 Å². The number of halogens is 1. The van der Waals surface area contributed by atoms with Crippen LogP contribution in [0.4, 0.5) is 4.39 Å². The van der Waals surface area contributed by atoms with Gasteiger partial charge in [-0.15, -0.1) is 18.2 Å². The second-order valence-electron chi connectivity index (χ2n) is 19.0. The van der Waals surface area contributed by atoms with Gasteiger partial charge in [-0.3, -0.25) is 4.98 Å². The van der Waals surface area contributed by atoms with Gasteiger partial charge in [0.15, 0.2) is 0 Å². The standard InChI is InChI=1S/C35H30N3O.C24H27FGeN.Ir/c1-20(2)25-12-8-13-26(21(3)4)32(25)38-31-19-24-11-7-6-10-23(24)18-30(31)37-34(38)29-15-9-14-27-28-17-16-22(5)36-35(28)39-33(27)29;1-17(2)13-19-15-24(21-12-11-18(3)14-22(21)25)27-16-23(19)26(4,5)20-9-7-6-8-10-20;/h6-14,16-21H,1-5H3;6-11,14-17H,13H2,1-5H3;/q2*-1;/i;3D3;. The number of aryl methyl sites for hydroxylation is 2. The van der Waals surface area contributed by atoms with Crippen molar-refractivity contribution in [1.29, 1.82) is 0 Å². The fourth-order valence-electron chi connectivity index (χ4n) is 9.29. The van der Waals surface area contributed by atoms with Crippen molar-refractivity contribution in [1.82, 2.24) is 19.5 Å². The SMILES string of the molecule is Cc1ccc2c(n1)oc1c(-c3nc4cc5ccccc5cc4n3-c3c(C(C)C)cccc3C(C)C)[c-]ccc12.[2H]C([2H])([2H])c1c[c-]c(-c2cc(CC(C)C)[c]([Ge]([CH3])([CH3])[c]3ccccc3)cn2)c(F)c1.[Ir]. The zero-order valence-electron chi connectivity index (χ0n) is 42.5. The van der Waals surface area contributed by atoms with Crippen LogP contribution < -0.4 is 8.79 Å². The van der Waals surface area contributed by atoms with Gasteiger partial charge in [0.25, 0.3) is 0 Å². The summed E-state index contributed by atoms with van der Waals surface area (Å²) in [7, 11) is 0. The van der Waals surface area contributed by atoms with E-state index < -0.39 is 25.9 Å². The Kier molecular flexibility index (Phi) is 12.7. The van der Waals surface area contributed by atoms with Crippen LogP contribution in [-0.4, -0.2) is 32.8 Å². The maximum atomic E-state index is 14.8. The third-order valence-electron chi connectivity index (χ3n) is 12.7. The molecule has 0 saturated carbocycles. The van der Waals surface area contributed by atoms with E-state index in [0.717, 1.165) is 57.0 Å². The molecule has 4 heterocycles. The molecule has 0 aliphatic rings. The van der Waals surface area contributed by atoms with Gasteiger partial charge in [0, 0.05) is 36.9 Å². The maximum Gasteiger partial charge on any atom is 0 e. The van der Waals surface area contributed by atoms with Crippen molar-refractivity contribution in [2.45, 2.75) is 85.1 Å². The van der Waals surface area contributed by atoms with Crippen molar-refractivity contribution < 1.29 is 33.0 Å². The van der Waals surface area contributed by atoms with Crippen molar-refractivity contribution in [3.05, 3.63) is 179 Å². The minimum Gasteiger partial charge on any atom is 0 e. The molecule has 0 aliphatic carbocycles. The van der Waals surface area contributed by atoms with Crippen molar-refractivity contribution in [2.24, 2.45) is 5.92 Å². The predicted octanol–water partition coefficient (Wildman–Crippen LogP) is 14.5. The molecule has 1 radical (unpaired) electrons. The van der Waals surface area contributed by atoms with E-state index in [2.05, 4.69) is 171 Å². The number of aromatic nitrogens is 4. The molecule has 0 unspecified atom stereocenters. The molecule has 67 heavy (non-hydrogen) atoms. The molecular formula is C59H57FGeIrN4O-2. The summed E-state index contributed by atoms with van der Waals surface area (Å²) in [5.41, 5.74) is 10.8. The molecule has 8 heteroatoms. The predicted molar refractivity (Wildman–Crippen MR) is 276 cm³/mol. The third kappa shape index (κ3) is 9.31. The number of hydrogen-bond donors (Lipinski definition) is 0. The molecule has 341 valence electrons. The summed E-state index contributed by atoms with van der Waals surface area (Å²) >= 11 is -2.58. The minimum atomic E-state index is -2.58. The van der Waals surface area contributed by atoms with Gasteiger partial charge >= 0.3 is 169 Å². The second-order valence-corrected chi connectivity index (χ2v) is 28.1. The molecule has 0 N–H and O–H groups in total. The quantitative estimate of drug-likeness (QED) is 0.107. The fourth-order valence-corrected chi connectivity index (χ4v) is 15.0. The molecule has 0 aliphatic heterocycles. The number of imidazole rings is 1. The zero-order valence-corrected chi connectivity index (χ0v) is 44.0. The third-order valence-corrected chi connectivity index (χ3v) is 20.2. The van der Waals surface area contributed by atoms with Gasteiger partial charge in [-0.05, 0) is 64.9 Å². The molecule has 0 bridgehead atoms. The maximum absolute atomic E-state index is 14.8. The Balaban J connectivity index is 0.000000193. The number of para-hydroxylation sites is 1. The van der Waals surface area contributed by atoms with Gasteiger partial charge in [0.1, 0.15) is 0 Å². The van der Waals surface area contributed by atoms with Gasteiger partial charge in [0.05, 0.1) is 22.4 Å². The second kappa shape index (κ2) is 19.5. The Hall–Kier alpha value is -5.73. The summed E-state index contributed by atoms with van der Waals surface area (Å²) in [5, 5.41) is 4.39. The first-order valence-corrected chi connectivity index (χ1v) is 29.2. The van der Waals surface area contributed by atoms with Crippen LogP contribution in [0.3, 0.4) is 0 Å². The molecule has 0 saturated heterocycles. The Labute approximate surface area is 414 Å². The molecule has 0 atom stereocenters. The van der Waals surface area contributed by atoms with Gasteiger partial charge in [-0.25, -0.2) is 4.98 Å². The van der Waals surface area contributed by atoms with Gasteiger partial charge in [0.2, 0.25) is 5.71 Å². The minimum absolute atomic E-state index is 0. The molecule has 4 aromatic heterocycles. The molecule has 0 amide bonds. The number of pyridine rings is 2. The zero-order chi connectivity index (χ0) is 48.9. The van der Waals surface area contributed by atoms with E-state index in [0.29, 0.717) is 29.2 Å². The largest absolute Gasteiger partial charge is 0 e. The Morgan fingerprint density at radius 3 is 2.13 bits per heavy atom. The van der Waals surface area contributed by atoms with E-state index >= 15 is 0 Å². The summed E-state index contributed by atoms with van der Waals surface area (Å²) in [5.74, 6) is 6.05. The molecule has 6 aromatic carbocycles. The summed E-state index contributed by atoms with van der Waals surface area (Å²) in [6.07, 6.45) is 2.78. The van der Waals surface area contributed by atoms with Crippen LogP contribution in [0.2, 0.25) is 11.5 Å². The van der Waals surface area contributed by atoms with Crippen LogP contribution in [0.15, 0.2) is 138 Å². The number of fused-ring (bicyclic) bond motifs is 5. The van der Waals surface area contributed by atoms with Crippen molar-refractivity contribution in [2.75, 3.05) is 0 Å². The Morgan fingerprint density at radius 2 is 1.46 bits per heavy atom. The molecule has 0 fully saturated rings. The van der Waals surface area contributed by atoms with Gasteiger partial charge < -0.3 is 8.98 Å². The van der Waals surface area contributed by atoms with E-state index in [1.54, 1.807) is 0 Å². The number of rotatable bonds is 9.